The summed E-state index contributed by atoms with van der Waals surface area (Å²) < 4.78 is 40.6. The van der Waals surface area contributed by atoms with Crippen LogP contribution in [0.4, 0.5) is 13.2 Å². The monoisotopic (exact) mass is 414 g/mol. The lowest BCUT2D eigenvalue weighted by Gasteiger charge is -2.35. The molecule has 0 bridgehead atoms. The fraction of sp³-hybridized carbons (Fsp3) is 0.636. The molecule has 2 heterocycles. The Balaban J connectivity index is 0.00000180. The van der Waals surface area contributed by atoms with E-state index < -0.39 is 12.2 Å². The number of nitrogens with zero attached hydrogens (tertiary/aromatic N) is 1. The normalized spacial score (nSPS) is 18.1. The van der Waals surface area contributed by atoms with E-state index in [-0.39, 0.29) is 24.8 Å². The molecule has 1 N–H and O–H groups in total. The second kappa shape index (κ2) is 8.19. The van der Waals surface area contributed by atoms with Gasteiger partial charge >= 0.3 is 6.18 Å². The Kier molecular flexibility index (Phi) is 8.39. The van der Waals surface area contributed by atoms with E-state index in [9.17, 15) is 13.2 Å². The lowest BCUT2D eigenvalue weighted by atomic mass is 10.1. The van der Waals surface area contributed by atoms with Gasteiger partial charge in [0.05, 0.1) is 3.79 Å². The van der Waals surface area contributed by atoms with Crippen LogP contribution in [0.15, 0.2) is 9.85 Å². The highest BCUT2D eigenvalue weighted by Crippen LogP contribution is 2.42. The summed E-state index contributed by atoms with van der Waals surface area (Å²) in [6.45, 7) is 3.89. The van der Waals surface area contributed by atoms with E-state index in [0.717, 1.165) is 9.35 Å². The molecule has 118 valence electrons. The number of thiophene rings is 1. The van der Waals surface area contributed by atoms with Gasteiger partial charge in [0.25, 0.3) is 0 Å². The third-order valence-electron chi connectivity index (χ3n) is 2.97. The maximum absolute atomic E-state index is 13.3. The van der Waals surface area contributed by atoms with E-state index >= 15 is 0 Å². The van der Waals surface area contributed by atoms with Crippen LogP contribution in [0.25, 0.3) is 0 Å². The van der Waals surface area contributed by atoms with Crippen LogP contribution in [0, 0.1) is 6.92 Å². The zero-order chi connectivity index (χ0) is 13.3. The lowest BCUT2D eigenvalue weighted by molar-refractivity contribution is -0.186. The minimum atomic E-state index is -4.23. The van der Waals surface area contributed by atoms with Crippen molar-refractivity contribution < 1.29 is 13.2 Å². The van der Waals surface area contributed by atoms with Crippen molar-refractivity contribution in [3.63, 3.8) is 0 Å². The molecule has 1 aromatic heterocycles. The number of aryl methyl sites for hydroxylation is 1. The summed E-state index contributed by atoms with van der Waals surface area (Å²) in [5.41, 5.74) is 0.861. The summed E-state index contributed by atoms with van der Waals surface area (Å²) in [4.78, 5) is 1.88. The minimum absolute atomic E-state index is 0. The zero-order valence-electron chi connectivity index (χ0n) is 10.7. The molecule has 0 amide bonds. The van der Waals surface area contributed by atoms with Crippen molar-refractivity contribution in [3.8, 4) is 0 Å². The molecule has 2 nitrogen and oxygen atoms in total. The van der Waals surface area contributed by atoms with Crippen LogP contribution in [0.5, 0.6) is 0 Å². The van der Waals surface area contributed by atoms with Gasteiger partial charge in [-0.2, -0.15) is 13.2 Å². The zero-order valence-corrected chi connectivity index (χ0v) is 14.7. The van der Waals surface area contributed by atoms with Crippen molar-refractivity contribution in [3.05, 3.63) is 20.3 Å². The number of halogens is 6. The predicted octanol–water partition coefficient (Wildman–Crippen LogP) is 4.17. The van der Waals surface area contributed by atoms with Crippen molar-refractivity contribution >= 4 is 52.1 Å². The van der Waals surface area contributed by atoms with Gasteiger partial charge in [-0.3, -0.25) is 4.90 Å². The Bertz CT molecular complexity index is 403. The second-order valence-corrected chi connectivity index (χ2v) is 6.74. The van der Waals surface area contributed by atoms with Crippen LogP contribution >= 0.6 is 52.1 Å². The van der Waals surface area contributed by atoms with Crippen LogP contribution in [0.2, 0.25) is 0 Å². The largest absolute Gasteiger partial charge is 0.408 e. The molecule has 20 heavy (non-hydrogen) atoms. The first-order chi connectivity index (χ1) is 8.39. The molecular weight excluding hydrogens is 400 g/mol. The molecule has 1 aliphatic rings. The number of alkyl halides is 3. The van der Waals surface area contributed by atoms with Crippen LogP contribution in [0.3, 0.4) is 0 Å². The SMILES string of the molecule is Cc1cc([C@@H](N2CCNCC2)C(F)(F)F)sc1Br.Cl.Cl. The molecule has 1 aromatic rings. The Morgan fingerprint density at radius 1 is 1.30 bits per heavy atom. The molecule has 1 atom stereocenters. The smallest absolute Gasteiger partial charge is 0.314 e. The second-order valence-electron chi connectivity index (χ2n) is 4.34. The summed E-state index contributed by atoms with van der Waals surface area (Å²) in [7, 11) is 0. The molecule has 0 aliphatic carbocycles. The lowest BCUT2D eigenvalue weighted by Crippen LogP contribution is -2.48. The van der Waals surface area contributed by atoms with Gasteiger partial charge in [-0.15, -0.1) is 36.2 Å². The molecule has 1 aliphatic heterocycles. The maximum atomic E-state index is 13.3. The fourth-order valence-corrected chi connectivity index (χ4v) is 3.84. The van der Waals surface area contributed by atoms with Gasteiger partial charge in [0.15, 0.2) is 0 Å². The van der Waals surface area contributed by atoms with Gasteiger partial charge in [-0.05, 0) is 34.5 Å². The van der Waals surface area contributed by atoms with E-state index in [2.05, 4.69) is 21.2 Å². The first-order valence-corrected chi connectivity index (χ1v) is 7.28. The van der Waals surface area contributed by atoms with Crippen molar-refractivity contribution in [2.75, 3.05) is 26.2 Å². The number of piperazine rings is 1. The van der Waals surface area contributed by atoms with Gasteiger partial charge < -0.3 is 5.32 Å². The summed E-state index contributed by atoms with van der Waals surface area (Å²) in [6, 6.07) is 0.157. The highest BCUT2D eigenvalue weighted by Gasteiger charge is 2.45. The average molecular weight is 416 g/mol. The predicted molar refractivity (Wildman–Crippen MR) is 84.5 cm³/mol. The van der Waals surface area contributed by atoms with Crippen LogP contribution in [-0.2, 0) is 0 Å². The van der Waals surface area contributed by atoms with Crippen LogP contribution in [0.1, 0.15) is 16.5 Å². The van der Waals surface area contributed by atoms with E-state index in [4.69, 9.17) is 0 Å². The van der Waals surface area contributed by atoms with E-state index in [1.807, 2.05) is 6.92 Å². The van der Waals surface area contributed by atoms with Crippen molar-refractivity contribution in [2.45, 2.75) is 19.1 Å². The third kappa shape index (κ3) is 4.74. The number of rotatable bonds is 2. The summed E-state index contributed by atoms with van der Waals surface area (Å²) in [5.74, 6) is 0. The molecular formula is C11H16BrCl2F3N2S. The summed E-state index contributed by atoms with van der Waals surface area (Å²) in [5, 5.41) is 3.07. The molecule has 9 heteroatoms. The molecule has 1 fully saturated rings. The van der Waals surface area contributed by atoms with Crippen molar-refractivity contribution in [1.29, 1.82) is 0 Å². The van der Waals surface area contributed by atoms with E-state index in [0.29, 0.717) is 31.1 Å². The van der Waals surface area contributed by atoms with Crippen molar-refractivity contribution in [2.24, 2.45) is 0 Å². The third-order valence-corrected chi connectivity index (χ3v) is 5.16. The van der Waals surface area contributed by atoms with Gasteiger partial charge in [-0.1, -0.05) is 0 Å². The van der Waals surface area contributed by atoms with Crippen LogP contribution in [-0.4, -0.2) is 37.3 Å². The number of hydrogen-bond acceptors (Lipinski definition) is 3. The summed E-state index contributed by atoms with van der Waals surface area (Å²) in [6.07, 6.45) is -4.23. The van der Waals surface area contributed by atoms with Gasteiger partial charge in [0.2, 0.25) is 0 Å². The highest BCUT2D eigenvalue weighted by molar-refractivity contribution is 9.11. The van der Waals surface area contributed by atoms with E-state index in [1.165, 1.54) is 16.2 Å². The van der Waals surface area contributed by atoms with Gasteiger partial charge in [-0.25, -0.2) is 0 Å². The molecule has 0 aromatic carbocycles. The fourth-order valence-electron chi connectivity index (χ4n) is 2.11. The molecule has 0 spiro atoms. The van der Waals surface area contributed by atoms with Gasteiger partial charge in [0.1, 0.15) is 6.04 Å². The minimum Gasteiger partial charge on any atom is -0.314 e. The quantitative estimate of drug-likeness (QED) is 0.779. The number of nitrogens with one attached hydrogen (secondary N) is 1. The molecule has 0 unspecified atom stereocenters. The molecule has 0 saturated carbocycles. The molecule has 1 saturated heterocycles. The number of hydrogen-bond donors (Lipinski definition) is 1. The van der Waals surface area contributed by atoms with Gasteiger partial charge in [0, 0.05) is 31.1 Å². The Morgan fingerprint density at radius 3 is 2.25 bits per heavy atom. The first kappa shape index (κ1) is 20.5. The molecule has 2 rings (SSSR count). The standard InChI is InChI=1S/C11H14BrF3N2S.2ClH/c1-7-6-8(18-10(7)12)9(11(13,14)15)17-4-2-16-3-5-17;;/h6,9,16H,2-5H2,1H3;2*1H/t9-;;/m1../s1. The maximum Gasteiger partial charge on any atom is 0.408 e. The molecule has 0 radical (unpaired) electrons. The van der Waals surface area contributed by atoms with E-state index in [1.54, 1.807) is 6.07 Å². The van der Waals surface area contributed by atoms with Crippen LogP contribution < -0.4 is 5.32 Å². The summed E-state index contributed by atoms with van der Waals surface area (Å²) >= 11 is 4.47. The Hall–Kier alpha value is 0.470. The Morgan fingerprint density at radius 2 is 1.85 bits per heavy atom. The van der Waals surface area contributed by atoms with Crippen molar-refractivity contribution in [1.82, 2.24) is 10.2 Å². The topological polar surface area (TPSA) is 15.3 Å². The first-order valence-electron chi connectivity index (χ1n) is 5.67. The highest BCUT2D eigenvalue weighted by atomic mass is 79.9. The average Bonchev–Trinajstić information content (AvgIpc) is 2.58. The Labute approximate surface area is 141 Å².